The fraction of sp³-hybridized carbons (Fsp3) is 0.357. The maximum atomic E-state index is 13.9. The molecule has 0 aliphatic carbocycles. The predicted molar refractivity (Wildman–Crippen MR) is 159 cm³/mol. The summed E-state index contributed by atoms with van der Waals surface area (Å²) in [5.74, 6) is 0.617. The Balaban J connectivity index is 1.89. The van der Waals surface area contributed by atoms with E-state index in [0.717, 1.165) is 9.87 Å². The van der Waals surface area contributed by atoms with E-state index in [4.69, 9.17) is 14.2 Å². The smallest absolute Gasteiger partial charge is 0.242 e. The lowest BCUT2D eigenvalue weighted by molar-refractivity contribution is 0.0947. The summed E-state index contributed by atoms with van der Waals surface area (Å²) in [5.41, 5.74) is 1.54. The van der Waals surface area contributed by atoms with E-state index in [0.29, 0.717) is 22.7 Å². The zero-order valence-electron chi connectivity index (χ0n) is 24.9. The minimum absolute atomic E-state index is 0.0281. The molecule has 4 aromatic rings. The van der Waals surface area contributed by atoms with Gasteiger partial charge < -0.3 is 14.2 Å². The van der Waals surface area contributed by atoms with Crippen LogP contribution in [0.25, 0.3) is 17.1 Å². The molecule has 2 aromatic carbocycles. The largest absolute Gasteiger partial charge is 0.494 e. The van der Waals surface area contributed by atoms with Crippen molar-refractivity contribution in [3.8, 4) is 28.6 Å². The van der Waals surface area contributed by atoms with Crippen LogP contribution in [0.15, 0.2) is 59.8 Å². The molecule has 0 N–H and O–H groups in total. The van der Waals surface area contributed by atoms with E-state index in [9.17, 15) is 16.8 Å². The number of aryl methyl sites for hydroxylation is 1. The molecule has 230 valence electrons. The van der Waals surface area contributed by atoms with E-state index in [2.05, 4.69) is 20.2 Å². The number of ether oxygens (including phenoxy) is 3. The monoisotopic (exact) mass is 630 g/mol. The van der Waals surface area contributed by atoms with Crippen molar-refractivity contribution in [1.29, 1.82) is 0 Å². The molecule has 4 rings (SSSR count). The Hall–Kier alpha value is -3.92. The summed E-state index contributed by atoms with van der Waals surface area (Å²) >= 11 is 0. The number of hydrogen-bond acceptors (Lipinski definition) is 11. The lowest BCUT2D eigenvalue weighted by Gasteiger charge is -2.22. The first-order chi connectivity index (χ1) is 20.3. The second-order valence-electron chi connectivity index (χ2n) is 9.89. The van der Waals surface area contributed by atoms with Crippen LogP contribution in [0.1, 0.15) is 30.2 Å². The van der Waals surface area contributed by atoms with Gasteiger partial charge in [0.25, 0.3) is 0 Å². The zero-order chi connectivity index (χ0) is 31.5. The molecule has 0 spiro atoms. The zero-order valence-corrected chi connectivity index (χ0v) is 26.5. The number of benzene rings is 2. The highest BCUT2D eigenvalue weighted by molar-refractivity contribution is 7.91. The van der Waals surface area contributed by atoms with Gasteiger partial charge in [-0.3, -0.25) is 4.57 Å². The van der Waals surface area contributed by atoms with E-state index < -0.39 is 37.0 Å². The maximum Gasteiger partial charge on any atom is 0.242 e. The number of para-hydroxylation sites is 1. The molecular formula is C28H34N6O7S2. The Kier molecular flexibility index (Phi) is 9.49. The van der Waals surface area contributed by atoms with Gasteiger partial charge in [-0.2, -0.15) is 0 Å². The lowest BCUT2D eigenvalue weighted by Crippen LogP contribution is -2.30. The Labute approximate surface area is 251 Å². The van der Waals surface area contributed by atoms with Crippen LogP contribution in [-0.2, 0) is 30.4 Å². The lowest BCUT2D eigenvalue weighted by atomic mass is 10.2. The molecule has 43 heavy (non-hydrogen) atoms. The van der Waals surface area contributed by atoms with Crippen molar-refractivity contribution in [2.45, 2.75) is 35.8 Å². The summed E-state index contributed by atoms with van der Waals surface area (Å²) in [5, 5.41) is 7.54. The van der Waals surface area contributed by atoms with Gasteiger partial charge in [-0.25, -0.2) is 31.1 Å². The SMILES string of the molecule is COc1cccc(OC)c1-n1c(CS(=O)(=O)[C@@H](C)[C@H](OC)c2ncc(C)cn2)nnc1-c1cccc(S(=O)(=O)N(C)C)c1. The van der Waals surface area contributed by atoms with Gasteiger partial charge in [0.2, 0.25) is 10.0 Å². The quantitative estimate of drug-likeness (QED) is 0.227. The Morgan fingerprint density at radius 2 is 1.51 bits per heavy atom. The van der Waals surface area contributed by atoms with Crippen molar-refractivity contribution in [3.63, 3.8) is 0 Å². The fourth-order valence-electron chi connectivity index (χ4n) is 4.45. The van der Waals surface area contributed by atoms with Crippen LogP contribution < -0.4 is 9.47 Å². The van der Waals surface area contributed by atoms with E-state index >= 15 is 0 Å². The molecule has 13 nitrogen and oxygen atoms in total. The first-order valence-electron chi connectivity index (χ1n) is 13.1. The summed E-state index contributed by atoms with van der Waals surface area (Å²) < 4.78 is 73.0. The van der Waals surface area contributed by atoms with Crippen LogP contribution >= 0.6 is 0 Å². The molecule has 0 unspecified atom stereocenters. The highest BCUT2D eigenvalue weighted by Gasteiger charge is 2.35. The van der Waals surface area contributed by atoms with Gasteiger partial charge in [0.05, 0.1) is 24.4 Å². The molecule has 0 fully saturated rings. The standard InChI is InChI=1S/C28H34N6O7S2/c1-18-15-29-27(30-16-18)26(41-7)19(2)42(35,36)17-24-31-32-28(20-10-8-11-21(14-20)43(37,38)33(3)4)34(24)25-22(39-5)12-9-13-23(25)40-6/h8-16,19,26H,17H2,1-7H3/t19-,26-/m0/s1. The van der Waals surface area contributed by atoms with Crippen LogP contribution in [0.3, 0.4) is 0 Å². The van der Waals surface area contributed by atoms with Crippen molar-refractivity contribution < 1.29 is 31.0 Å². The predicted octanol–water partition coefficient (Wildman–Crippen LogP) is 2.99. The molecule has 0 aliphatic rings. The van der Waals surface area contributed by atoms with Gasteiger partial charge >= 0.3 is 0 Å². The second-order valence-corrected chi connectivity index (χ2v) is 14.4. The summed E-state index contributed by atoms with van der Waals surface area (Å²) in [4.78, 5) is 8.56. The van der Waals surface area contributed by atoms with E-state index in [1.54, 1.807) is 42.7 Å². The summed E-state index contributed by atoms with van der Waals surface area (Å²) in [7, 11) is -0.556. The third-order valence-corrected chi connectivity index (χ3v) is 10.7. The molecule has 0 amide bonds. The molecule has 2 atom stereocenters. The van der Waals surface area contributed by atoms with Gasteiger partial charge in [-0.1, -0.05) is 18.2 Å². The van der Waals surface area contributed by atoms with Gasteiger partial charge in [0.15, 0.2) is 27.3 Å². The Morgan fingerprint density at radius 1 is 0.907 bits per heavy atom. The first-order valence-corrected chi connectivity index (χ1v) is 16.2. The first kappa shape index (κ1) is 32.0. The number of hydrogen-bond donors (Lipinski definition) is 0. The Bertz CT molecular complexity index is 1790. The van der Waals surface area contributed by atoms with Crippen LogP contribution in [0.4, 0.5) is 0 Å². The average Bonchev–Trinajstić information content (AvgIpc) is 3.39. The van der Waals surface area contributed by atoms with E-state index in [1.807, 2.05) is 6.92 Å². The highest BCUT2D eigenvalue weighted by atomic mass is 32.2. The molecule has 2 aromatic heterocycles. The van der Waals surface area contributed by atoms with Gasteiger partial charge in [0.1, 0.15) is 29.0 Å². The number of nitrogens with zero attached hydrogens (tertiary/aromatic N) is 6. The average molecular weight is 631 g/mol. The summed E-state index contributed by atoms with van der Waals surface area (Å²) in [6.07, 6.45) is 2.24. The highest BCUT2D eigenvalue weighted by Crippen LogP contribution is 2.37. The van der Waals surface area contributed by atoms with Crippen molar-refractivity contribution in [2.24, 2.45) is 0 Å². The molecule has 0 saturated carbocycles. The number of rotatable bonds is 12. The minimum atomic E-state index is -3.98. The van der Waals surface area contributed by atoms with Crippen molar-refractivity contribution in [1.82, 2.24) is 29.0 Å². The Morgan fingerprint density at radius 3 is 2.07 bits per heavy atom. The number of methoxy groups -OCH3 is 3. The molecule has 2 heterocycles. The number of aromatic nitrogens is 5. The molecule has 0 radical (unpaired) electrons. The number of sulfone groups is 1. The van der Waals surface area contributed by atoms with Crippen LogP contribution in [-0.4, -0.2) is 86.5 Å². The van der Waals surface area contributed by atoms with E-state index in [1.165, 1.54) is 59.0 Å². The van der Waals surface area contributed by atoms with Crippen LogP contribution in [0, 0.1) is 6.92 Å². The number of sulfonamides is 1. The second kappa shape index (κ2) is 12.8. The van der Waals surface area contributed by atoms with Crippen molar-refractivity contribution in [3.05, 3.63) is 72.1 Å². The third-order valence-electron chi connectivity index (χ3n) is 6.86. The molecular weight excluding hydrogens is 596 g/mol. The van der Waals surface area contributed by atoms with Gasteiger partial charge in [-0.05, 0) is 43.7 Å². The molecule has 0 saturated heterocycles. The van der Waals surface area contributed by atoms with Gasteiger partial charge in [0, 0.05) is 39.2 Å². The van der Waals surface area contributed by atoms with Crippen molar-refractivity contribution >= 4 is 19.9 Å². The van der Waals surface area contributed by atoms with Crippen molar-refractivity contribution in [2.75, 3.05) is 35.4 Å². The summed E-state index contributed by atoms with van der Waals surface area (Å²) in [6, 6.07) is 11.2. The van der Waals surface area contributed by atoms with Gasteiger partial charge in [-0.15, -0.1) is 10.2 Å². The van der Waals surface area contributed by atoms with E-state index in [-0.39, 0.29) is 22.4 Å². The minimum Gasteiger partial charge on any atom is -0.494 e. The maximum absolute atomic E-state index is 13.9. The fourth-order valence-corrected chi connectivity index (χ4v) is 6.81. The molecule has 15 heteroatoms. The molecule has 0 bridgehead atoms. The van der Waals surface area contributed by atoms with Crippen LogP contribution in [0.2, 0.25) is 0 Å². The third kappa shape index (κ3) is 6.39. The molecule has 0 aliphatic heterocycles. The summed E-state index contributed by atoms with van der Waals surface area (Å²) in [6.45, 7) is 3.35. The topological polar surface area (TPSA) is 156 Å². The normalized spacial score (nSPS) is 13.6. The van der Waals surface area contributed by atoms with Crippen LogP contribution in [0.5, 0.6) is 11.5 Å².